The summed E-state index contributed by atoms with van der Waals surface area (Å²) in [5, 5.41) is 0. The van der Waals surface area contributed by atoms with Crippen LogP contribution in [-0.2, 0) is 0 Å². The normalized spacial score (nSPS) is 25.2. The largest absolute Gasteiger partial charge is 0.243 e. The zero-order valence-electron chi connectivity index (χ0n) is 7.13. The van der Waals surface area contributed by atoms with Gasteiger partial charge in [-0.1, -0.05) is 0 Å². The van der Waals surface area contributed by atoms with Crippen LogP contribution >= 0.6 is 0 Å². The Morgan fingerprint density at radius 2 is 2.00 bits per heavy atom. The van der Waals surface area contributed by atoms with E-state index in [4.69, 9.17) is 0 Å². The van der Waals surface area contributed by atoms with Crippen molar-refractivity contribution in [3.05, 3.63) is 0 Å². The fourth-order valence-electron chi connectivity index (χ4n) is 1.22. The van der Waals surface area contributed by atoms with E-state index in [1.807, 2.05) is 12.4 Å². The maximum atomic E-state index is 4.23. The third-order valence-electron chi connectivity index (χ3n) is 1.71. The quantitative estimate of drug-likeness (QED) is 0.449. The van der Waals surface area contributed by atoms with E-state index in [0.29, 0.717) is 6.17 Å². The van der Waals surface area contributed by atoms with Gasteiger partial charge in [0.25, 0.3) is 0 Å². The lowest BCUT2D eigenvalue weighted by Crippen LogP contribution is -2.36. The van der Waals surface area contributed by atoms with Crippen molar-refractivity contribution in [1.82, 2.24) is 0 Å². The van der Waals surface area contributed by atoms with Gasteiger partial charge in [0.15, 0.2) is 11.8 Å². The summed E-state index contributed by atoms with van der Waals surface area (Å²) < 4.78 is 2.24. The molecule has 56 valence electrons. The Labute approximate surface area is 62.3 Å². The molecule has 0 saturated carbocycles. The molecule has 2 heteroatoms. The number of nitrogens with zero attached hydrogens (tertiary/aromatic N) is 2. The van der Waals surface area contributed by atoms with Crippen molar-refractivity contribution < 1.29 is 4.58 Å². The van der Waals surface area contributed by atoms with Gasteiger partial charge in [0.1, 0.15) is 0 Å². The topological polar surface area (TPSA) is 15.4 Å². The van der Waals surface area contributed by atoms with Crippen LogP contribution in [0.15, 0.2) is 4.99 Å². The Bertz CT molecular complexity index is 184. The van der Waals surface area contributed by atoms with Crippen molar-refractivity contribution in [2.45, 2.75) is 39.4 Å². The standard InChI is InChI=1S/C8H15N2/c1-7-9-5-6-10(7)8(2,3)4/h5-7H,1-4H3/q+1. The fourth-order valence-corrected chi connectivity index (χ4v) is 1.22. The molecule has 0 radical (unpaired) electrons. The first-order valence-corrected chi connectivity index (χ1v) is 3.67. The van der Waals surface area contributed by atoms with Crippen molar-refractivity contribution in [3.63, 3.8) is 0 Å². The zero-order valence-corrected chi connectivity index (χ0v) is 7.13. The van der Waals surface area contributed by atoms with Gasteiger partial charge < -0.3 is 0 Å². The Morgan fingerprint density at radius 3 is 2.20 bits per heavy atom. The van der Waals surface area contributed by atoms with Crippen molar-refractivity contribution in [2.24, 2.45) is 4.99 Å². The summed E-state index contributed by atoms with van der Waals surface area (Å²) in [6.45, 7) is 8.67. The van der Waals surface area contributed by atoms with Gasteiger partial charge >= 0.3 is 0 Å². The molecular weight excluding hydrogens is 124 g/mol. The third-order valence-corrected chi connectivity index (χ3v) is 1.71. The molecule has 1 aliphatic rings. The predicted octanol–water partition coefficient (Wildman–Crippen LogP) is 1.30. The van der Waals surface area contributed by atoms with Crippen molar-refractivity contribution in [2.75, 3.05) is 0 Å². The molecule has 0 aromatic carbocycles. The number of hydrogen-bond donors (Lipinski definition) is 0. The van der Waals surface area contributed by atoms with Crippen molar-refractivity contribution in [3.8, 4) is 0 Å². The minimum Gasteiger partial charge on any atom is -0.220 e. The smallest absolute Gasteiger partial charge is 0.220 e. The first-order chi connectivity index (χ1) is 4.52. The molecule has 1 atom stereocenters. The third kappa shape index (κ3) is 1.25. The van der Waals surface area contributed by atoms with Gasteiger partial charge in [0.2, 0.25) is 6.17 Å². The summed E-state index contributed by atoms with van der Waals surface area (Å²) >= 11 is 0. The highest BCUT2D eigenvalue weighted by Gasteiger charge is 2.30. The van der Waals surface area contributed by atoms with Crippen LogP contribution < -0.4 is 0 Å². The van der Waals surface area contributed by atoms with Gasteiger partial charge in [-0.05, 0) is 20.8 Å². The first kappa shape index (κ1) is 7.45. The van der Waals surface area contributed by atoms with Crippen LogP contribution in [0.5, 0.6) is 0 Å². The average molecular weight is 139 g/mol. The molecule has 1 heterocycles. The molecule has 0 fully saturated rings. The summed E-state index contributed by atoms with van der Waals surface area (Å²) in [6, 6.07) is 0. The SMILES string of the molecule is CC1N=CC=[N+]1C(C)(C)C. The Balaban J connectivity index is 2.78. The van der Waals surface area contributed by atoms with Crippen LogP contribution in [-0.4, -0.2) is 28.7 Å². The van der Waals surface area contributed by atoms with E-state index in [0.717, 1.165) is 0 Å². The highest BCUT2D eigenvalue weighted by molar-refractivity contribution is 6.14. The Kier molecular flexibility index (Phi) is 1.63. The molecule has 2 nitrogen and oxygen atoms in total. The zero-order chi connectivity index (χ0) is 7.78. The van der Waals surface area contributed by atoms with E-state index in [9.17, 15) is 0 Å². The summed E-state index contributed by atoms with van der Waals surface area (Å²) in [5.74, 6) is 0. The molecule has 0 saturated heterocycles. The summed E-state index contributed by atoms with van der Waals surface area (Å²) in [5.41, 5.74) is 0.204. The average Bonchev–Trinajstić information content (AvgIpc) is 2.11. The molecule has 10 heavy (non-hydrogen) atoms. The van der Waals surface area contributed by atoms with Crippen LogP contribution in [0.3, 0.4) is 0 Å². The molecule has 0 spiro atoms. The number of rotatable bonds is 0. The lowest BCUT2D eigenvalue weighted by Gasteiger charge is -2.17. The van der Waals surface area contributed by atoms with E-state index < -0.39 is 0 Å². The summed E-state index contributed by atoms with van der Waals surface area (Å²) in [4.78, 5) is 4.23. The number of aliphatic imine (C=N–C) groups is 1. The lowest BCUT2D eigenvalue weighted by molar-refractivity contribution is -0.617. The molecule has 1 aliphatic heterocycles. The minimum atomic E-state index is 0.204. The number of hydrogen-bond acceptors (Lipinski definition) is 1. The van der Waals surface area contributed by atoms with Crippen LogP contribution in [0.2, 0.25) is 0 Å². The second kappa shape index (κ2) is 2.19. The van der Waals surface area contributed by atoms with Crippen LogP contribution in [0.25, 0.3) is 0 Å². The predicted molar refractivity (Wildman–Crippen MR) is 44.0 cm³/mol. The Hall–Kier alpha value is -0.660. The van der Waals surface area contributed by atoms with Gasteiger partial charge in [-0.15, -0.1) is 0 Å². The van der Waals surface area contributed by atoms with Crippen LogP contribution in [0.1, 0.15) is 27.7 Å². The molecule has 0 aromatic heterocycles. The van der Waals surface area contributed by atoms with E-state index in [1.165, 1.54) is 0 Å². The van der Waals surface area contributed by atoms with Gasteiger partial charge in [-0.25, -0.2) is 9.57 Å². The lowest BCUT2D eigenvalue weighted by atomic mass is 10.1. The second-order valence-electron chi connectivity index (χ2n) is 3.66. The van der Waals surface area contributed by atoms with E-state index in [2.05, 4.69) is 37.3 Å². The first-order valence-electron chi connectivity index (χ1n) is 3.67. The molecule has 0 bridgehead atoms. The van der Waals surface area contributed by atoms with Crippen LogP contribution in [0.4, 0.5) is 0 Å². The van der Waals surface area contributed by atoms with Gasteiger partial charge in [-0.2, -0.15) is 0 Å². The minimum absolute atomic E-state index is 0.204. The second-order valence-corrected chi connectivity index (χ2v) is 3.66. The maximum Gasteiger partial charge on any atom is 0.243 e. The molecule has 0 N–H and O–H groups in total. The Morgan fingerprint density at radius 1 is 1.40 bits per heavy atom. The molecule has 1 rings (SSSR count). The molecular formula is C8H15N2+. The molecule has 0 amide bonds. The van der Waals surface area contributed by atoms with Gasteiger partial charge in [0, 0.05) is 6.92 Å². The van der Waals surface area contributed by atoms with E-state index in [1.54, 1.807) is 0 Å². The fraction of sp³-hybridized carbons (Fsp3) is 0.750. The molecule has 0 aliphatic carbocycles. The monoisotopic (exact) mass is 139 g/mol. The molecule has 0 aromatic rings. The summed E-state index contributed by atoms with van der Waals surface area (Å²) in [6.07, 6.45) is 4.24. The van der Waals surface area contributed by atoms with E-state index >= 15 is 0 Å². The maximum absolute atomic E-state index is 4.23. The highest BCUT2D eigenvalue weighted by atomic mass is 15.2. The highest BCUT2D eigenvalue weighted by Crippen LogP contribution is 2.12. The van der Waals surface area contributed by atoms with Crippen LogP contribution in [0, 0.1) is 0 Å². The van der Waals surface area contributed by atoms with Crippen molar-refractivity contribution in [1.29, 1.82) is 0 Å². The van der Waals surface area contributed by atoms with Crippen molar-refractivity contribution >= 4 is 12.4 Å². The van der Waals surface area contributed by atoms with Gasteiger partial charge in [0.05, 0.1) is 6.21 Å². The molecule has 1 unspecified atom stereocenters. The van der Waals surface area contributed by atoms with Gasteiger partial charge in [-0.3, -0.25) is 0 Å². The summed E-state index contributed by atoms with van der Waals surface area (Å²) in [7, 11) is 0. The van der Waals surface area contributed by atoms with E-state index in [-0.39, 0.29) is 5.54 Å².